The maximum absolute atomic E-state index is 12.6. The molecule has 2 aromatic rings. The van der Waals surface area contributed by atoms with E-state index < -0.39 is 0 Å². The van der Waals surface area contributed by atoms with E-state index in [1.54, 1.807) is 17.1 Å². The van der Waals surface area contributed by atoms with Gasteiger partial charge in [0.2, 0.25) is 0 Å². The van der Waals surface area contributed by atoms with E-state index in [0.29, 0.717) is 45.2 Å². The molecule has 4 rings (SSSR count). The Kier molecular flexibility index (Phi) is 6.82. The second-order valence-electron chi connectivity index (χ2n) is 8.27. The Bertz CT molecular complexity index is 815. The number of hydrogen-bond acceptors (Lipinski definition) is 5. The average Bonchev–Trinajstić information content (AvgIpc) is 3.21. The SMILES string of the molecule is Cn1cnc(C(=O)N2CCC3(CC2)CC(OCCOCc2ccccc2)CCO3)c1. The molecule has 3 heterocycles. The number of aromatic nitrogens is 2. The lowest BCUT2D eigenvalue weighted by molar-refractivity contribution is -0.155. The lowest BCUT2D eigenvalue weighted by Gasteiger charge is -2.46. The highest BCUT2D eigenvalue weighted by Crippen LogP contribution is 2.36. The maximum Gasteiger partial charge on any atom is 0.274 e. The van der Waals surface area contributed by atoms with Crippen LogP contribution in [0.4, 0.5) is 0 Å². The van der Waals surface area contributed by atoms with Crippen molar-refractivity contribution in [1.29, 1.82) is 0 Å². The standard InChI is InChI=1S/C23H31N3O4/c1-25-16-21(24-18-25)22(27)26-10-8-23(9-11-26)15-20(7-12-30-23)29-14-13-28-17-19-5-3-2-4-6-19/h2-6,16,18,20H,7-15,17H2,1H3. The van der Waals surface area contributed by atoms with Crippen molar-refractivity contribution in [2.45, 2.75) is 44.0 Å². The predicted molar refractivity (Wildman–Crippen MR) is 112 cm³/mol. The number of carbonyl (C=O) groups excluding carboxylic acids is 1. The molecule has 7 heteroatoms. The number of piperidine rings is 1. The molecule has 1 amide bonds. The number of likely N-dealkylation sites (tertiary alicyclic amines) is 1. The normalized spacial score (nSPS) is 21.1. The summed E-state index contributed by atoms with van der Waals surface area (Å²) in [7, 11) is 1.87. The van der Waals surface area contributed by atoms with E-state index in [1.807, 2.05) is 30.1 Å². The Morgan fingerprint density at radius 1 is 1.23 bits per heavy atom. The molecule has 0 saturated carbocycles. The number of ether oxygens (including phenoxy) is 3. The average molecular weight is 414 g/mol. The minimum Gasteiger partial charge on any atom is -0.376 e. The molecule has 0 radical (unpaired) electrons. The molecule has 30 heavy (non-hydrogen) atoms. The Morgan fingerprint density at radius 3 is 2.77 bits per heavy atom. The minimum absolute atomic E-state index is 0.00428. The molecule has 1 aromatic heterocycles. The summed E-state index contributed by atoms with van der Waals surface area (Å²) < 4.78 is 19.8. The first kappa shape index (κ1) is 21.0. The Hall–Kier alpha value is -2.22. The van der Waals surface area contributed by atoms with Crippen LogP contribution in [-0.2, 0) is 27.9 Å². The first-order valence-electron chi connectivity index (χ1n) is 10.8. The van der Waals surface area contributed by atoms with Crippen molar-refractivity contribution in [2.24, 2.45) is 7.05 Å². The van der Waals surface area contributed by atoms with Crippen LogP contribution in [0, 0.1) is 0 Å². The zero-order chi connectivity index (χ0) is 20.8. The number of imidazole rings is 1. The van der Waals surface area contributed by atoms with Crippen LogP contribution in [0.5, 0.6) is 0 Å². The first-order chi connectivity index (χ1) is 14.6. The minimum atomic E-state index is -0.172. The number of hydrogen-bond donors (Lipinski definition) is 0. The van der Waals surface area contributed by atoms with E-state index >= 15 is 0 Å². The molecule has 2 aliphatic rings. The van der Waals surface area contributed by atoms with E-state index in [9.17, 15) is 4.79 Å². The Labute approximate surface area is 177 Å². The molecule has 0 N–H and O–H groups in total. The topological polar surface area (TPSA) is 65.8 Å². The van der Waals surface area contributed by atoms with Crippen molar-refractivity contribution >= 4 is 5.91 Å². The van der Waals surface area contributed by atoms with Crippen molar-refractivity contribution in [3.8, 4) is 0 Å². The fraction of sp³-hybridized carbons (Fsp3) is 0.565. The third kappa shape index (κ3) is 5.28. The summed E-state index contributed by atoms with van der Waals surface area (Å²) in [6, 6.07) is 10.2. The van der Waals surface area contributed by atoms with Gasteiger partial charge < -0.3 is 23.7 Å². The van der Waals surface area contributed by atoms with E-state index in [2.05, 4.69) is 17.1 Å². The molecule has 162 valence electrons. The number of benzene rings is 1. The predicted octanol–water partition coefficient (Wildman–Crippen LogP) is 2.81. The smallest absolute Gasteiger partial charge is 0.274 e. The summed E-state index contributed by atoms with van der Waals surface area (Å²) in [6.45, 7) is 3.90. The third-order valence-corrected chi connectivity index (χ3v) is 6.03. The fourth-order valence-corrected chi connectivity index (χ4v) is 4.31. The van der Waals surface area contributed by atoms with E-state index in [0.717, 1.165) is 25.7 Å². The summed E-state index contributed by atoms with van der Waals surface area (Å²) in [4.78, 5) is 18.7. The van der Waals surface area contributed by atoms with Gasteiger partial charge in [0.1, 0.15) is 5.69 Å². The molecule has 1 unspecified atom stereocenters. The number of aryl methyl sites for hydroxylation is 1. The van der Waals surface area contributed by atoms with Gasteiger partial charge in [0, 0.05) is 39.4 Å². The van der Waals surface area contributed by atoms with Crippen molar-refractivity contribution in [3.63, 3.8) is 0 Å². The summed E-state index contributed by atoms with van der Waals surface area (Å²) in [6.07, 6.45) is 7.11. The summed E-state index contributed by atoms with van der Waals surface area (Å²) >= 11 is 0. The van der Waals surface area contributed by atoms with Crippen molar-refractivity contribution in [2.75, 3.05) is 32.9 Å². The molecule has 0 bridgehead atoms. The van der Waals surface area contributed by atoms with Gasteiger partial charge in [-0.25, -0.2) is 4.98 Å². The highest BCUT2D eigenvalue weighted by atomic mass is 16.5. The van der Waals surface area contributed by atoms with Crippen LogP contribution < -0.4 is 0 Å². The Balaban J connectivity index is 1.19. The molecule has 2 fully saturated rings. The van der Waals surface area contributed by atoms with Gasteiger partial charge in [-0.1, -0.05) is 30.3 Å². The lowest BCUT2D eigenvalue weighted by atomic mass is 9.83. The quantitative estimate of drug-likeness (QED) is 0.653. The molecule has 2 saturated heterocycles. The van der Waals surface area contributed by atoms with E-state index in [4.69, 9.17) is 14.2 Å². The highest BCUT2D eigenvalue weighted by molar-refractivity contribution is 5.92. The first-order valence-corrected chi connectivity index (χ1v) is 10.8. The second kappa shape index (κ2) is 9.73. The van der Waals surface area contributed by atoms with Crippen molar-refractivity contribution < 1.29 is 19.0 Å². The molecule has 1 aromatic carbocycles. The van der Waals surface area contributed by atoms with Gasteiger partial charge >= 0.3 is 0 Å². The van der Waals surface area contributed by atoms with Crippen molar-refractivity contribution in [3.05, 3.63) is 54.1 Å². The number of amides is 1. The molecular weight excluding hydrogens is 382 g/mol. The van der Waals surface area contributed by atoms with Gasteiger partial charge in [-0.3, -0.25) is 4.79 Å². The second-order valence-corrected chi connectivity index (χ2v) is 8.27. The van der Waals surface area contributed by atoms with Crippen LogP contribution in [0.2, 0.25) is 0 Å². The third-order valence-electron chi connectivity index (χ3n) is 6.03. The number of nitrogens with zero attached hydrogens (tertiary/aromatic N) is 3. The molecule has 1 atom stereocenters. The monoisotopic (exact) mass is 413 g/mol. The van der Waals surface area contributed by atoms with Gasteiger partial charge in [0.25, 0.3) is 5.91 Å². The Morgan fingerprint density at radius 2 is 2.03 bits per heavy atom. The zero-order valence-electron chi connectivity index (χ0n) is 17.7. The van der Waals surface area contributed by atoms with Gasteiger partial charge in [0.15, 0.2) is 0 Å². The van der Waals surface area contributed by atoms with E-state index in [-0.39, 0.29) is 17.6 Å². The van der Waals surface area contributed by atoms with Crippen LogP contribution in [0.1, 0.15) is 41.7 Å². The molecule has 2 aliphatic heterocycles. The number of carbonyl (C=O) groups is 1. The van der Waals surface area contributed by atoms with E-state index in [1.165, 1.54) is 5.56 Å². The maximum atomic E-state index is 12.6. The van der Waals surface area contributed by atoms with Gasteiger partial charge in [-0.05, 0) is 24.8 Å². The summed E-state index contributed by atoms with van der Waals surface area (Å²) in [5.74, 6) is 0.00428. The highest BCUT2D eigenvalue weighted by Gasteiger charge is 2.41. The summed E-state index contributed by atoms with van der Waals surface area (Å²) in [5, 5.41) is 0. The van der Waals surface area contributed by atoms with Crippen LogP contribution >= 0.6 is 0 Å². The molecule has 7 nitrogen and oxygen atoms in total. The molecular formula is C23H31N3O4. The van der Waals surface area contributed by atoms with Crippen LogP contribution in [0.15, 0.2) is 42.9 Å². The molecule has 1 spiro atoms. The molecule has 0 aliphatic carbocycles. The zero-order valence-corrected chi connectivity index (χ0v) is 17.7. The summed E-state index contributed by atoms with van der Waals surface area (Å²) in [5.41, 5.74) is 1.51. The number of rotatable bonds is 7. The van der Waals surface area contributed by atoms with Crippen molar-refractivity contribution in [1.82, 2.24) is 14.5 Å². The van der Waals surface area contributed by atoms with Gasteiger partial charge in [-0.15, -0.1) is 0 Å². The van der Waals surface area contributed by atoms with Gasteiger partial charge in [0.05, 0.1) is 37.9 Å². The van der Waals surface area contributed by atoms with Crippen LogP contribution in [0.3, 0.4) is 0 Å². The van der Waals surface area contributed by atoms with Crippen LogP contribution in [0.25, 0.3) is 0 Å². The van der Waals surface area contributed by atoms with Crippen LogP contribution in [-0.4, -0.2) is 65.0 Å². The van der Waals surface area contributed by atoms with Gasteiger partial charge in [-0.2, -0.15) is 0 Å². The lowest BCUT2D eigenvalue weighted by Crippen LogP contribution is -2.52. The fourth-order valence-electron chi connectivity index (χ4n) is 4.31. The largest absolute Gasteiger partial charge is 0.376 e.